The van der Waals surface area contributed by atoms with Crippen LogP contribution in [0.2, 0.25) is 0 Å². The first kappa shape index (κ1) is 16.1. The SMILES string of the molecule is CN(C(=O)c1ccc(C(=O)Nc2nn[nH]n2)cc1)C1CCNCC1. The monoisotopic (exact) mass is 329 g/mol. The molecule has 24 heavy (non-hydrogen) atoms. The van der Waals surface area contributed by atoms with E-state index in [1.165, 1.54) is 0 Å². The fraction of sp³-hybridized carbons (Fsp3) is 0.400. The van der Waals surface area contributed by atoms with Crippen molar-refractivity contribution in [1.29, 1.82) is 0 Å². The van der Waals surface area contributed by atoms with Crippen LogP contribution in [0.3, 0.4) is 0 Å². The number of nitrogens with zero attached hydrogens (tertiary/aromatic N) is 4. The second-order valence-corrected chi connectivity index (χ2v) is 5.66. The number of amides is 2. The van der Waals surface area contributed by atoms with E-state index in [-0.39, 0.29) is 23.8 Å². The van der Waals surface area contributed by atoms with Gasteiger partial charge in [0.2, 0.25) is 0 Å². The molecule has 2 amide bonds. The fourth-order valence-electron chi connectivity index (χ4n) is 2.72. The highest BCUT2D eigenvalue weighted by molar-refractivity contribution is 6.04. The smallest absolute Gasteiger partial charge is 0.270 e. The van der Waals surface area contributed by atoms with Crippen LogP contribution < -0.4 is 10.6 Å². The predicted molar refractivity (Wildman–Crippen MR) is 86.6 cm³/mol. The van der Waals surface area contributed by atoms with E-state index in [1.54, 1.807) is 29.2 Å². The molecule has 1 aromatic carbocycles. The molecule has 1 aliphatic heterocycles. The second-order valence-electron chi connectivity index (χ2n) is 5.66. The average Bonchev–Trinajstić information content (AvgIpc) is 3.14. The van der Waals surface area contributed by atoms with Gasteiger partial charge >= 0.3 is 0 Å². The van der Waals surface area contributed by atoms with E-state index in [0.29, 0.717) is 11.1 Å². The molecule has 9 heteroatoms. The lowest BCUT2D eigenvalue weighted by molar-refractivity contribution is 0.0703. The number of hydrogen-bond donors (Lipinski definition) is 3. The molecule has 2 aromatic rings. The number of benzene rings is 1. The van der Waals surface area contributed by atoms with E-state index >= 15 is 0 Å². The Hall–Kier alpha value is -2.81. The lowest BCUT2D eigenvalue weighted by Gasteiger charge is -2.31. The standard InChI is InChI=1S/C15H19N7O2/c1-22(12-6-8-16-9-7-12)14(24)11-4-2-10(3-5-11)13(23)17-15-18-20-21-19-15/h2-5,12,16H,6-9H2,1H3,(H2,17,18,19,20,21,23). The minimum atomic E-state index is -0.359. The summed E-state index contributed by atoms with van der Waals surface area (Å²) in [6.45, 7) is 1.86. The molecule has 9 nitrogen and oxygen atoms in total. The molecule has 1 aliphatic rings. The fourth-order valence-corrected chi connectivity index (χ4v) is 2.72. The van der Waals surface area contributed by atoms with E-state index in [4.69, 9.17) is 0 Å². The van der Waals surface area contributed by atoms with Crippen LogP contribution in [-0.4, -0.2) is 63.5 Å². The summed E-state index contributed by atoms with van der Waals surface area (Å²) in [6, 6.07) is 6.79. The van der Waals surface area contributed by atoms with E-state index < -0.39 is 0 Å². The Morgan fingerprint density at radius 3 is 2.46 bits per heavy atom. The van der Waals surface area contributed by atoms with Gasteiger partial charge in [-0.2, -0.15) is 5.21 Å². The molecule has 0 unspecified atom stereocenters. The molecule has 0 spiro atoms. The second kappa shape index (κ2) is 7.18. The van der Waals surface area contributed by atoms with Crippen molar-refractivity contribution in [1.82, 2.24) is 30.8 Å². The molecule has 0 atom stereocenters. The van der Waals surface area contributed by atoms with Crippen molar-refractivity contribution >= 4 is 17.8 Å². The molecule has 0 radical (unpaired) electrons. The Bertz CT molecular complexity index is 693. The molecular weight excluding hydrogens is 310 g/mol. The average molecular weight is 329 g/mol. The zero-order valence-electron chi connectivity index (χ0n) is 13.3. The summed E-state index contributed by atoms with van der Waals surface area (Å²) >= 11 is 0. The van der Waals surface area contributed by atoms with Gasteiger partial charge in [-0.1, -0.05) is 5.10 Å². The van der Waals surface area contributed by atoms with Gasteiger partial charge in [-0.15, -0.1) is 5.10 Å². The maximum Gasteiger partial charge on any atom is 0.270 e. The van der Waals surface area contributed by atoms with Crippen molar-refractivity contribution in [2.24, 2.45) is 0 Å². The lowest BCUT2D eigenvalue weighted by Crippen LogP contribution is -2.43. The maximum atomic E-state index is 12.6. The molecule has 0 saturated carbocycles. The number of hydrogen-bond acceptors (Lipinski definition) is 6. The molecule has 126 valence electrons. The number of H-pyrrole nitrogens is 1. The minimum absolute atomic E-state index is 0.0352. The highest BCUT2D eigenvalue weighted by atomic mass is 16.2. The number of nitrogens with one attached hydrogen (secondary N) is 3. The van der Waals surface area contributed by atoms with Crippen molar-refractivity contribution in [2.75, 3.05) is 25.5 Å². The van der Waals surface area contributed by atoms with Gasteiger partial charge in [-0.3, -0.25) is 14.9 Å². The molecule has 3 N–H and O–H groups in total. The number of aromatic nitrogens is 4. The summed E-state index contributed by atoms with van der Waals surface area (Å²) in [6.07, 6.45) is 1.90. The van der Waals surface area contributed by atoms with E-state index in [2.05, 4.69) is 31.3 Å². The molecule has 3 rings (SSSR count). The van der Waals surface area contributed by atoms with Crippen LogP contribution in [0.15, 0.2) is 24.3 Å². The summed E-state index contributed by atoms with van der Waals surface area (Å²) in [7, 11) is 1.83. The third-order valence-electron chi connectivity index (χ3n) is 4.14. The number of piperidine rings is 1. The number of aromatic amines is 1. The van der Waals surface area contributed by atoms with Crippen LogP contribution in [-0.2, 0) is 0 Å². The first-order valence-corrected chi connectivity index (χ1v) is 7.78. The number of carbonyl (C=O) groups is 2. The van der Waals surface area contributed by atoms with Gasteiger partial charge in [-0.05, 0) is 55.4 Å². The van der Waals surface area contributed by atoms with Crippen LogP contribution in [0.4, 0.5) is 5.95 Å². The Labute approximate surface area is 138 Å². The molecular formula is C15H19N7O2. The van der Waals surface area contributed by atoms with Crippen LogP contribution in [0.1, 0.15) is 33.6 Å². The third kappa shape index (κ3) is 3.57. The molecule has 0 aliphatic carbocycles. The molecule has 0 bridgehead atoms. The van der Waals surface area contributed by atoms with Crippen molar-refractivity contribution in [3.63, 3.8) is 0 Å². The maximum absolute atomic E-state index is 12.6. The number of tetrazole rings is 1. The van der Waals surface area contributed by atoms with Crippen LogP contribution in [0.25, 0.3) is 0 Å². The highest BCUT2D eigenvalue weighted by Crippen LogP contribution is 2.15. The molecule has 1 aromatic heterocycles. The Balaban J connectivity index is 1.64. The zero-order valence-corrected chi connectivity index (χ0v) is 13.3. The van der Waals surface area contributed by atoms with Gasteiger partial charge in [0, 0.05) is 24.2 Å². The minimum Gasteiger partial charge on any atom is -0.339 e. The van der Waals surface area contributed by atoms with Crippen molar-refractivity contribution < 1.29 is 9.59 Å². The summed E-state index contributed by atoms with van der Waals surface area (Å²) in [4.78, 5) is 26.4. The Morgan fingerprint density at radius 1 is 1.17 bits per heavy atom. The van der Waals surface area contributed by atoms with Gasteiger partial charge in [0.05, 0.1) is 0 Å². The topological polar surface area (TPSA) is 116 Å². The highest BCUT2D eigenvalue weighted by Gasteiger charge is 2.23. The third-order valence-corrected chi connectivity index (χ3v) is 4.14. The predicted octanol–water partition coefficient (Wildman–Crippen LogP) is 0.276. The van der Waals surface area contributed by atoms with Gasteiger partial charge in [-0.25, -0.2) is 0 Å². The van der Waals surface area contributed by atoms with Crippen molar-refractivity contribution in [2.45, 2.75) is 18.9 Å². The number of carbonyl (C=O) groups excluding carboxylic acids is 2. The summed E-state index contributed by atoms with van der Waals surface area (Å²) in [5, 5.41) is 18.7. The quantitative estimate of drug-likeness (QED) is 0.742. The van der Waals surface area contributed by atoms with Gasteiger partial charge < -0.3 is 10.2 Å². The van der Waals surface area contributed by atoms with Gasteiger partial charge in [0.25, 0.3) is 17.8 Å². The van der Waals surface area contributed by atoms with Gasteiger partial charge in [0.1, 0.15) is 0 Å². The summed E-state index contributed by atoms with van der Waals surface area (Å²) in [5.41, 5.74) is 0.980. The van der Waals surface area contributed by atoms with Crippen molar-refractivity contribution in [3.8, 4) is 0 Å². The van der Waals surface area contributed by atoms with E-state index in [0.717, 1.165) is 25.9 Å². The zero-order chi connectivity index (χ0) is 16.9. The molecule has 1 saturated heterocycles. The van der Waals surface area contributed by atoms with Crippen LogP contribution in [0, 0.1) is 0 Å². The first-order valence-electron chi connectivity index (χ1n) is 7.78. The first-order chi connectivity index (χ1) is 11.6. The Kier molecular flexibility index (Phi) is 4.80. The lowest BCUT2D eigenvalue weighted by atomic mass is 10.0. The van der Waals surface area contributed by atoms with E-state index in [9.17, 15) is 9.59 Å². The normalized spacial score (nSPS) is 15.0. The summed E-state index contributed by atoms with van der Waals surface area (Å²) < 4.78 is 0. The molecule has 2 heterocycles. The largest absolute Gasteiger partial charge is 0.339 e. The van der Waals surface area contributed by atoms with Crippen molar-refractivity contribution in [3.05, 3.63) is 35.4 Å². The van der Waals surface area contributed by atoms with E-state index in [1.807, 2.05) is 7.05 Å². The van der Waals surface area contributed by atoms with Crippen LogP contribution in [0.5, 0.6) is 0 Å². The molecule has 1 fully saturated rings. The Morgan fingerprint density at radius 2 is 1.83 bits per heavy atom. The van der Waals surface area contributed by atoms with Crippen LogP contribution >= 0.6 is 0 Å². The number of rotatable bonds is 4. The summed E-state index contributed by atoms with van der Waals surface area (Å²) in [5.74, 6) is -0.292. The van der Waals surface area contributed by atoms with Gasteiger partial charge in [0.15, 0.2) is 0 Å². The number of anilines is 1.